The van der Waals surface area contributed by atoms with Crippen molar-refractivity contribution in [3.8, 4) is 5.75 Å². The lowest BCUT2D eigenvalue weighted by atomic mass is 10.1. The fourth-order valence-electron chi connectivity index (χ4n) is 3.28. The largest absolute Gasteiger partial charge is 0.484 e. The Hall–Kier alpha value is -2.89. The summed E-state index contributed by atoms with van der Waals surface area (Å²) in [5.41, 5.74) is 3.44. The van der Waals surface area contributed by atoms with Crippen molar-refractivity contribution in [1.82, 2.24) is 10.2 Å². The van der Waals surface area contributed by atoms with Crippen LogP contribution in [0.4, 0.5) is 4.39 Å². The number of hydrogen-bond acceptors (Lipinski definition) is 3. The maximum atomic E-state index is 12.9. The number of hydrogen-bond donors (Lipinski definition) is 1. The van der Waals surface area contributed by atoms with Gasteiger partial charge in [-0.3, -0.25) is 9.59 Å². The molecule has 0 aliphatic heterocycles. The number of benzene rings is 2. The molecule has 0 radical (unpaired) electrons. The predicted molar refractivity (Wildman–Crippen MR) is 104 cm³/mol. The molecule has 2 amide bonds. The van der Waals surface area contributed by atoms with Gasteiger partial charge in [0.2, 0.25) is 5.91 Å². The fraction of sp³-hybridized carbons (Fsp3) is 0.364. The molecule has 0 saturated carbocycles. The normalized spacial score (nSPS) is 12.4. The second kappa shape index (κ2) is 9.35. The summed E-state index contributed by atoms with van der Waals surface area (Å²) < 4.78 is 18.5. The van der Waals surface area contributed by atoms with Gasteiger partial charge < -0.3 is 15.0 Å². The second-order valence-corrected chi connectivity index (χ2v) is 6.88. The van der Waals surface area contributed by atoms with Gasteiger partial charge in [-0.15, -0.1) is 0 Å². The van der Waals surface area contributed by atoms with Gasteiger partial charge in [-0.05, 0) is 67.1 Å². The van der Waals surface area contributed by atoms with Gasteiger partial charge in [-0.2, -0.15) is 0 Å². The Morgan fingerprint density at radius 3 is 2.61 bits per heavy atom. The fourth-order valence-corrected chi connectivity index (χ4v) is 3.28. The van der Waals surface area contributed by atoms with Crippen LogP contribution in [0.5, 0.6) is 5.75 Å². The SMILES string of the molecule is CCN(CC(=O)NCc1ccc(F)cc1)C(=O)COc1ccc2c(c1)CCC2. The molecule has 0 atom stereocenters. The first-order valence-electron chi connectivity index (χ1n) is 9.58. The molecule has 1 aliphatic carbocycles. The molecular weight excluding hydrogens is 359 g/mol. The van der Waals surface area contributed by atoms with E-state index in [1.54, 1.807) is 12.1 Å². The molecular formula is C22H25FN2O3. The molecule has 0 aromatic heterocycles. The van der Waals surface area contributed by atoms with Crippen LogP contribution in [0.2, 0.25) is 0 Å². The molecule has 148 valence electrons. The summed E-state index contributed by atoms with van der Waals surface area (Å²) in [4.78, 5) is 26.0. The first-order chi connectivity index (χ1) is 13.5. The van der Waals surface area contributed by atoms with Crippen molar-refractivity contribution in [2.75, 3.05) is 19.7 Å². The van der Waals surface area contributed by atoms with Crippen LogP contribution < -0.4 is 10.1 Å². The number of aryl methyl sites for hydroxylation is 2. The molecule has 6 heteroatoms. The molecule has 0 saturated heterocycles. The Kier molecular flexibility index (Phi) is 6.63. The van der Waals surface area contributed by atoms with Crippen molar-refractivity contribution < 1.29 is 18.7 Å². The quantitative estimate of drug-likeness (QED) is 0.761. The third-order valence-corrected chi connectivity index (χ3v) is 4.90. The Balaban J connectivity index is 1.46. The minimum absolute atomic E-state index is 0.0376. The third-order valence-electron chi connectivity index (χ3n) is 4.90. The van der Waals surface area contributed by atoms with Gasteiger partial charge in [0.15, 0.2) is 6.61 Å². The van der Waals surface area contributed by atoms with Crippen LogP contribution in [0.1, 0.15) is 30.0 Å². The summed E-state index contributed by atoms with van der Waals surface area (Å²) >= 11 is 0. The molecule has 1 aliphatic rings. The van der Waals surface area contributed by atoms with E-state index < -0.39 is 0 Å². The molecule has 5 nitrogen and oxygen atoms in total. The van der Waals surface area contributed by atoms with E-state index in [4.69, 9.17) is 4.74 Å². The lowest BCUT2D eigenvalue weighted by Gasteiger charge is -2.20. The number of nitrogens with one attached hydrogen (secondary N) is 1. The summed E-state index contributed by atoms with van der Waals surface area (Å²) in [6.07, 6.45) is 3.31. The zero-order valence-electron chi connectivity index (χ0n) is 16.0. The zero-order chi connectivity index (χ0) is 19.9. The summed E-state index contributed by atoms with van der Waals surface area (Å²) in [6.45, 7) is 2.38. The van der Waals surface area contributed by atoms with Crippen LogP contribution in [-0.4, -0.2) is 36.4 Å². The van der Waals surface area contributed by atoms with E-state index in [-0.39, 0.29) is 37.3 Å². The molecule has 1 N–H and O–H groups in total. The van der Waals surface area contributed by atoms with Crippen LogP contribution in [0.3, 0.4) is 0 Å². The molecule has 0 spiro atoms. The predicted octanol–water partition coefficient (Wildman–Crippen LogP) is 2.86. The number of amides is 2. The van der Waals surface area contributed by atoms with Crippen molar-refractivity contribution in [1.29, 1.82) is 0 Å². The number of nitrogens with zero attached hydrogens (tertiary/aromatic N) is 1. The topological polar surface area (TPSA) is 58.6 Å². The standard InChI is InChI=1S/C22H25FN2O3/c1-2-25(14-21(26)24-13-16-6-9-19(23)10-7-16)22(27)15-28-20-11-8-17-4-3-5-18(17)12-20/h6-12H,2-5,13-15H2,1H3,(H,24,26). The van der Waals surface area contributed by atoms with E-state index >= 15 is 0 Å². The van der Waals surface area contributed by atoms with Gasteiger partial charge in [0, 0.05) is 13.1 Å². The summed E-state index contributed by atoms with van der Waals surface area (Å²) in [5, 5.41) is 2.74. The maximum Gasteiger partial charge on any atom is 0.260 e. The molecule has 2 aromatic carbocycles. The van der Waals surface area contributed by atoms with E-state index in [1.807, 2.05) is 19.1 Å². The average Bonchev–Trinajstić information content (AvgIpc) is 3.17. The Bertz CT molecular complexity index is 836. The van der Waals surface area contributed by atoms with E-state index in [0.29, 0.717) is 12.3 Å². The molecule has 0 fully saturated rings. The van der Waals surface area contributed by atoms with E-state index in [9.17, 15) is 14.0 Å². The van der Waals surface area contributed by atoms with Crippen molar-refractivity contribution in [3.05, 3.63) is 65.0 Å². The Morgan fingerprint density at radius 2 is 1.86 bits per heavy atom. The van der Waals surface area contributed by atoms with E-state index in [1.165, 1.54) is 28.2 Å². The van der Waals surface area contributed by atoms with Crippen LogP contribution in [0, 0.1) is 5.82 Å². The van der Waals surface area contributed by atoms with Gasteiger partial charge >= 0.3 is 0 Å². The van der Waals surface area contributed by atoms with Gasteiger partial charge in [0.1, 0.15) is 11.6 Å². The molecule has 3 rings (SSSR count). The van der Waals surface area contributed by atoms with E-state index in [0.717, 1.165) is 24.8 Å². The highest BCUT2D eigenvalue weighted by atomic mass is 19.1. The molecule has 28 heavy (non-hydrogen) atoms. The van der Waals surface area contributed by atoms with Crippen LogP contribution in [0.15, 0.2) is 42.5 Å². The highest BCUT2D eigenvalue weighted by Crippen LogP contribution is 2.26. The minimum atomic E-state index is -0.318. The van der Waals surface area contributed by atoms with Gasteiger partial charge in [0.05, 0.1) is 6.54 Å². The third kappa shape index (κ3) is 5.31. The van der Waals surface area contributed by atoms with Crippen molar-refractivity contribution in [2.45, 2.75) is 32.7 Å². The Labute approximate surface area is 164 Å². The smallest absolute Gasteiger partial charge is 0.260 e. The first-order valence-corrected chi connectivity index (χ1v) is 9.58. The Morgan fingerprint density at radius 1 is 1.11 bits per heavy atom. The minimum Gasteiger partial charge on any atom is -0.484 e. The van der Waals surface area contributed by atoms with Gasteiger partial charge in [0.25, 0.3) is 5.91 Å². The van der Waals surface area contributed by atoms with Crippen molar-refractivity contribution >= 4 is 11.8 Å². The second-order valence-electron chi connectivity index (χ2n) is 6.88. The lowest BCUT2D eigenvalue weighted by molar-refractivity contribution is -0.137. The van der Waals surface area contributed by atoms with E-state index in [2.05, 4.69) is 11.4 Å². The highest BCUT2D eigenvalue weighted by Gasteiger charge is 2.17. The molecule has 0 heterocycles. The number of carbonyl (C=O) groups is 2. The van der Waals surface area contributed by atoms with Crippen LogP contribution in [0.25, 0.3) is 0 Å². The average molecular weight is 384 g/mol. The summed E-state index contributed by atoms with van der Waals surface area (Å²) in [7, 11) is 0. The number of likely N-dealkylation sites (N-methyl/N-ethyl adjacent to an activating group) is 1. The van der Waals surface area contributed by atoms with Crippen molar-refractivity contribution in [2.24, 2.45) is 0 Å². The molecule has 0 unspecified atom stereocenters. The van der Waals surface area contributed by atoms with Gasteiger partial charge in [-0.1, -0.05) is 18.2 Å². The van der Waals surface area contributed by atoms with Crippen LogP contribution >= 0.6 is 0 Å². The number of fused-ring (bicyclic) bond motifs is 1. The number of ether oxygens (including phenoxy) is 1. The molecule has 0 bridgehead atoms. The zero-order valence-corrected chi connectivity index (χ0v) is 16.0. The molecule has 2 aromatic rings. The van der Waals surface area contributed by atoms with Crippen LogP contribution in [-0.2, 0) is 29.0 Å². The number of halogens is 1. The first kappa shape index (κ1) is 19.9. The lowest BCUT2D eigenvalue weighted by Crippen LogP contribution is -2.42. The van der Waals surface area contributed by atoms with Crippen molar-refractivity contribution in [3.63, 3.8) is 0 Å². The summed E-state index contributed by atoms with van der Waals surface area (Å²) in [5.74, 6) is -0.135. The summed E-state index contributed by atoms with van der Waals surface area (Å²) in [6, 6.07) is 11.9. The number of carbonyl (C=O) groups excluding carboxylic acids is 2. The highest BCUT2D eigenvalue weighted by molar-refractivity contribution is 5.85. The van der Waals surface area contributed by atoms with Gasteiger partial charge in [-0.25, -0.2) is 4.39 Å². The number of rotatable bonds is 8. The monoisotopic (exact) mass is 384 g/mol. The maximum absolute atomic E-state index is 12.9.